The number of ether oxygens (including phenoxy) is 1. The SMILES string of the molecule is CC(C)Oc1ccnc(NC(=O)C(C)(C)Sc2nc(N)nc3nc[nH]c23)n1. The fourth-order valence-corrected chi connectivity index (χ4v) is 3.16. The van der Waals surface area contributed by atoms with Gasteiger partial charge in [-0.1, -0.05) is 11.8 Å². The summed E-state index contributed by atoms with van der Waals surface area (Å²) in [5.74, 6) is 0.360. The van der Waals surface area contributed by atoms with Crippen LogP contribution in [0.1, 0.15) is 27.7 Å². The molecule has 0 bridgehead atoms. The summed E-state index contributed by atoms with van der Waals surface area (Å²) in [5.41, 5.74) is 6.81. The number of H-pyrrole nitrogens is 1. The maximum atomic E-state index is 12.8. The van der Waals surface area contributed by atoms with Gasteiger partial charge in [0, 0.05) is 12.3 Å². The molecule has 3 heterocycles. The molecule has 11 heteroatoms. The highest BCUT2D eigenvalue weighted by Crippen LogP contribution is 2.35. The molecular formula is C16H20N8O2S. The van der Waals surface area contributed by atoms with E-state index in [9.17, 15) is 4.79 Å². The Kier molecular flexibility index (Phi) is 5.13. The van der Waals surface area contributed by atoms with E-state index in [0.29, 0.717) is 22.1 Å². The molecule has 27 heavy (non-hydrogen) atoms. The lowest BCUT2D eigenvalue weighted by molar-refractivity contribution is -0.117. The predicted octanol–water partition coefficient (Wildman–Crippen LogP) is 2.02. The zero-order chi connectivity index (χ0) is 19.6. The van der Waals surface area contributed by atoms with Crippen molar-refractivity contribution in [1.82, 2.24) is 29.9 Å². The second-order valence-electron chi connectivity index (χ2n) is 6.44. The van der Waals surface area contributed by atoms with Crippen LogP contribution in [0.5, 0.6) is 5.88 Å². The zero-order valence-electron chi connectivity index (χ0n) is 15.3. The number of fused-ring (bicyclic) bond motifs is 1. The zero-order valence-corrected chi connectivity index (χ0v) is 16.2. The number of rotatable bonds is 6. The minimum Gasteiger partial charge on any atom is -0.475 e. The van der Waals surface area contributed by atoms with Crippen molar-refractivity contribution in [2.45, 2.75) is 43.6 Å². The van der Waals surface area contributed by atoms with Crippen molar-refractivity contribution in [2.75, 3.05) is 11.1 Å². The number of nitrogens with one attached hydrogen (secondary N) is 2. The molecule has 0 spiro atoms. The second-order valence-corrected chi connectivity index (χ2v) is 8.05. The highest BCUT2D eigenvalue weighted by atomic mass is 32.2. The van der Waals surface area contributed by atoms with Crippen LogP contribution in [0.4, 0.5) is 11.9 Å². The van der Waals surface area contributed by atoms with Gasteiger partial charge in [-0.3, -0.25) is 10.1 Å². The monoisotopic (exact) mass is 388 g/mol. The van der Waals surface area contributed by atoms with Crippen molar-refractivity contribution in [3.8, 4) is 5.88 Å². The van der Waals surface area contributed by atoms with Gasteiger partial charge in [-0.05, 0) is 27.7 Å². The molecule has 0 fully saturated rings. The first kappa shape index (κ1) is 18.8. The molecule has 0 atom stereocenters. The number of aromatic nitrogens is 6. The van der Waals surface area contributed by atoms with Gasteiger partial charge in [-0.15, -0.1) is 0 Å². The first-order valence-corrected chi connectivity index (χ1v) is 9.03. The van der Waals surface area contributed by atoms with Crippen LogP contribution in [-0.4, -0.2) is 46.7 Å². The van der Waals surface area contributed by atoms with Gasteiger partial charge in [0.05, 0.1) is 17.2 Å². The number of amides is 1. The van der Waals surface area contributed by atoms with Crippen LogP contribution in [0.25, 0.3) is 11.2 Å². The summed E-state index contributed by atoms with van der Waals surface area (Å²) in [5, 5.41) is 3.25. The third kappa shape index (κ3) is 4.42. The minimum absolute atomic E-state index is 0.0320. The molecule has 0 aromatic carbocycles. The standard InChI is InChI=1S/C16H20N8O2S/c1-8(2)26-9-5-6-18-15(21-9)24-13(25)16(3,4)27-12-10-11(20-7-19-10)22-14(17)23-12/h5-8H,1-4H3,(H,18,21,24,25)(H3,17,19,20,22,23). The molecule has 3 aromatic heterocycles. The molecule has 0 aliphatic carbocycles. The number of aromatic amines is 1. The Morgan fingerprint density at radius 1 is 1.30 bits per heavy atom. The summed E-state index contributed by atoms with van der Waals surface area (Å²) in [6.45, 7) is 7.32. The Hall–Kier alpha value is -2.95. The molecule has 0 saturated carbocycles. The number of carbonyl (C=O) groups excluding carboxylic acids is 1. The highest BCUT2D eigenvalue weighted by molar-refractivity contribution is 8.01. The summed E-state index contributed by atoms with van der Waals surface area (Å²) in [4.78, 5) is 36.4. The Balaban J connectivity index is 1.78. The van der Waals surface area contributed by atoms with E-state index in [-0.39, 0.29) is 23.9 Å². The molecule has 0 aliphatic heterocycles. The molecule has 10 nitrogen and oxygen atoms in total. The Morgan fingerprint density at radius 3 is 2.81 bits per heavy atom. The van der Waals surface area contributed by atoms with Crippen LogP contribution < -0.4 is 15.8 Å². The van der Waals surface area contributed by atoms with E-state index in [1.807, 2.05) is 13.8 Å². The van der Waals surface area contributed by atoms with Crippen molar-refractivity contribution >= 4 is 40.7 Å². The van der Waals surface area contributed by atoms with Gasteiger partial charge in [0.25, 0.3) is 0 Å². The van der Waals surface area contributed by atoms with Crippen LogP contribution in [0.3, 0.4) is 0 Å². The molecule has 0 unspecified atom stereocenters. The van der Waals surface area contributed by atoms with Gasteiger partial charge < -0.3 is 15.5 Å². The number of nitrogens with two attached hydrogens (primary N) is 1. The maximum Gasteiger partial charge on any atom is 0.242 e. The highest BCUT2D eigenvalue weighted by Gasteiger charge is 2.31. The molecule has 142 valence electrons. The summed E-state index contributed by atoms with van der Waals surface area (Å²) in [6, 6.07) is 1.63. The summed E-state index contributed by atoms with van der Waals surface area (Å²) in [7, 11) is 0. The van der Waals surface area contributed by atoms with Gasteiger partial charge in [0.15, 0.2) is 5.65 Å². The largest absolute Gasteiger partial charge is 0.475 e. The van der Waals surface area contributed by atoms with Gasteiger partial charge >= 0.3 is 0 Å². The van der Waals surface area contributed by atoms with Crippen LogP contribution in [0.15, 0.2) is 23.6 Å². The van der Waals surface area contributed by atoms with Crippen molar-refractivity contribution in [3.05, 3.63) is 18.6 Å². The molecule has 1 amide bonds. The molecule has 0 aliphatic rings. The van der Waals surface area contributed by atoms with Crippen molar-refractivity contribution in [2.24, 2.45) is 0 Å². The van der Waals surface area contributed by atoms with E-state index in [1.165, 1.54) is 24.3 Å². The molecular weight excluding hydrogens is 368 g/mol. The van der Waals surface area contributed by atoms with E-state index in [1.54, 1.807) is 19.9 Å². The lowest BCUT2D eigenvalue weighted by atomic mass is 10.2. The van der Waals surface area contributed by atoms with E-state index < -0.39 is 4.75 Å². The van der Waals surface area contributed by atoms with E-state index >= 15 is 0 Å². The van der Waals surface area contributed by atoms with Crippen LogP contribution >= 0.6 is 11.8 Å². The lowest BCUT2D eigenvalue weighted by Gasteiger charge is -2.22. The van der Waals surface area contributed by atoms with Gasteiger partial charge in [-0.25, -0.2) is 15.0 Å². The number of nitrogens with zero attached hydrogens (tertiary/aromatic N) is 5. The third-order valence-electron chi connectivity index (χ3n) is 3.38. The van der Waals surface area contributed by atoms with Crippen molar-refractivity contribution in [3.63, 3.8) is 0 Å². The van der Waals surface area contributed by atoms with Crippen molar-refractivity contribution < 1.29 is 9.53 Å². The number of carbonyl (C=O) groups is 1. The number of imidazole rings is 1. The average molecular weight is 388 g/mol. The van der Waals surface area contributed by atoms with E-state index in [0.717, 1.165) is 0 Å². The summed E-state index contributed by atoms with van der Waals surface area (Å²) in [6.07, 6.45) is 3.00. The molecule has 0 saturated heterocycles. The fourth-order valence-electron chi connectivity index (χ4n) is 2.15. The van der Waals surface area contributed by atoms with Crippen LogP contribution in [0.2, 0.25) is 0 Å². The number of hydrogen-bond donors (Lipinski definition) is 3. The molecule has 3 aromatic rings. The number of thioether (sulfide) groups is 1. The normalized spacial score (nSPS) is 11.7. The number of hydrogen-bond acceptors (Lipinski definition) is 9. The summed E-state index contributed by atoms with van der Waals surface area (Å²) < 4.78 is 4.63. The smallest absolute Gasteiger partial charge is 0.242 e. The van der Waals surface area contributed by atoms with E-state index in [2.05, 4.69) is 35.2 Å². The van der Waals surface area contributed by atoms with E-state index in [4.69, 9.17) is 10.5 Å². The Morgan fingerprint density at radius 2 is 2.07 bits per heavy atom. The van der Waals surface area contributed by atoms with Crippen LogP contribution in [0, 0.1) is 0 Å². The van der Waals surface area contributed by atoms with Crippen LogP contribution in [-0.2, 0) is 4.79 Å². The second kappa shape index (κ2) is 7.35. The summed E-state index contributed by atoms with van der Waals surface area (Å²) >= 11 is 1.24. The number of nitrogen functional groups attached to an aromatic ring is 1. The number of anilines is 2. The molecule has 3 rings (SSSR count). The first-order valence-electron chi connectivity index (χ1n) is 8.21. The quantitative estimate of drug-likeness (QED) is 0.426. The Bertz CT molecular complexity index is 972. The minimum atomic E-state index is -0.892. The fraction of sp³-hybridized carbons (Fsp3) is 0.375. The van der Waals surface area contributed by atoms with Gasteiger partial charge in [0.2, 0.25) is 23.7 Å². The third-order valence-corrected chi connectivity index (χ3v) is 4.56. The Labute approximate surface area is 159 Å². The molecule has 0 radical (unpaired) electrons. The first-order chi connectivity index (χ1) is 12.7. The maximum absolute atomic E-state index is 12.8. The molecule has 4 N–H and O–H groups in total. The van der Waals surface area contributed by atoms with Gasteiger partial charge in [0.1, 0.15) is 10.5 Å². The predicted molar refractivity (Wildman–Crippen MR) is 102 cm³/mol. The van der Waals surface area contributed by atoms with Crippen molar-refractivity contribution in [1.29, 1.82) is 0 Å². The lowest BCUT2D eigenvalue weighted by Crippen LogP contribution is -2.34. The topological polar surface area (TPSA) is 145 Å². The van der Waals surface area contributed by atoms with Gasteiger partial charge in [-0.2, -0.15) is 9.97 Å². The average Bonchev–Trinajstić information content (AvgIpc) is 3.02.